The molecule has 0 bridgehead atoms. The molecule has 1 fully saturated rings. The van der Waals surface area contributed by atoms with E-state index in [0.717, 1.165) is 0 Å². The number of benzene rings is 1. The number of rotatable bonds is 2. The second-order valence-corrected chi connectivity index (χ2v) is 6.07. The van der Waals surface area contributed by atoms with Crippen LogP contribution in [0.2, 0.25) is 0 Å². The number of nitrogens with two attached hydrogens (primary N) is 1. The minimum atomic E-state index is -0.362. The van der Waals surface area contributed by atoms with Gasteiger partial charge in [-0.1, -0.05) is 0 Å². The van der Waals surface area contributed by atoms with Gasteiger partial charge in [-0.25, -0.2) is 4.39 Å². The van der Waals surface area contributed by atoms with Crippen molar-refractivity contribution in [3.8, 4) is 0 Å². The fourth-order valence-corrected chi connectivity index (χ4v) is 3.13. The summed E-state index contributed by atoms with van der Waals surface area (Å²) < 4.78 is 14.9. The zero-order chi connectivity index (χ0) is 15.6. The number of halogens is 2. The molecule has 1 saturated heterocycles. The number of hydrogen-bond acceptors (Lipinski definition) is 3. The van der Waals surface area contributed by atoms with E-state index in [0.29, 0.717) is 42.0 Å². The number of carbonyl (C=O) groups excluding carboxylic acids is 1. The van der Waals surface area contributed by atoms with Crippen LogP contribution in [-0.2, 0) is 4.79 Å². The van der Waals surface area contributed by atoms with Gasteiger partial charge >= 0.3 is 0 Å². The third-order valence-electron chi connectivity index (χ3n) is 3.33. The van der Waals surface area contributed by atoms with Gasteiger partial charge in [-0.15, -0.1) is 0 Å². The number of thiocarbonyl (C=S) groups is 1. The normalized spacial score (nSPS) is 15.0. The number of hydrogen-bond donors (Lipinski definition) is 2. The van der Waals surface area contributed by atoms with Gasteiger partial charge in [-0.2, -0.15) is 0 Å². The van der Waals surface area contributed by atoms with Crippen molar-refractivity contribution < 1.29 is 9.18 Å². The smallest absolute Gasteiger partial charge is 0.219 e. The van der Waals surface area contributed by atoms with Gasteiger partial charge in [0.2, 0.25) is 5.91 Å². The highest BCUT2D eigenvalue weighted by Crippen LogP contribution is 2.33. The van der Waals surface area contributed by atoms with Crippen LogP contribution in [0.1, 0.15) is 6.92 Å². The molecule has 1 aliphatic heterocycles. The minimum absolute atomic E-state index is 0.0465. The largest absolute Gasteiger partial charge is 0.376 e. The summed E-state index contributed by atoms with van der Waals surface area (Å²) in [6.07, 6.45) is 0. The van der Waals surface area contributed by atoms with E-state index in [4.69, 9.17) is 18.0 Å². The van der Waals surface area contributed by atoms with Crippen LogP contribution in [0.5, 0.6) is 0 Å². The van der Waals surface area contributed by atoms with Gasteiger partial charge in [0.25, 0.3) is 0 Å². The number of nitrogens with one attached hydrogen (secondary N) is 1. The highest BCUT2D eigenvalue weighted by Gasteiger charge is 2.23. The maximum Gasteiger partial charge on any atom is 0.219 e. The first-order chi connectivity index (χ1) is 9.88. The molecule has 0 aromatic heterocycles. The van der Waals surface area contributed by atoms with E-state index in [1.165, 1.54) is 6.07 Å². The maximum absolute atomic E-state index is 14.3. The van der Waals surface area contributed by atoms with E-state index in [1.807, 2.05) is 4.90 Å². The number of amides is 1. The predicted molar refractivity (Wildman–Crippen MR) is 89.0 cm³/mol. The van der Waals surface area contributed by atoms with E-state index < -0.39 is 0 Å². The van der Waals surface area contributed by atoms with Gasteiger partial charge in [-0.3, -0.25) is 4.79 Å². The lowest BCUT2D eigenvalue weighted by molar-refractivity contribution is -0.129. The molecule has 1 aromatic rings. The molecule has 0 spiro atoms. The molecule has 1 aromatic carbocycles. The fourth-order valence-electron chi connectivity index (χ4n) is 2.33. The van der Waals surface area contributed by atoms with Gasteiger partial charge in [0.15, 0.2) is 5.11 Å². The number of carbonyl (C=O) groups is 1. The van der Waals surface area contributed by atoms with Crippen LogP contribution in [0.3, 0.4) is 0 Å². The summed E-state index contributed by atoms with van der Waals surface area (Å²) in [5.41, 5.74) is 6.37. The Morgan fingerprint density at radius 1 is 1.38 bits per heavy atom. The summed E-state index contributed by atoms with van der Waals surface area (Å²) in [4.78, 5) is 15.0. The third-order valence-corrected chi connectivity index (χ3v) is 4.03. The summed E-state index contributed by atoms with van der Waals surface area (Å²) in [5, 5.41) is 2.79. The van der Waals surface area contributed by atoms with Crippen molar-refractivity contribution in [2.45, 2.75) is 6.92 Å². The first-order valence-electron chi connectivity index (χ1n) is 6.44. The number of anilines is 2. The zero-order valence-electron chi connectivity index (χ0n) is 11.5. The Morgan fingerprint density at radius 2 is 2.00 bits per heavy atom. The molecule has 0 radical (unpaired) electrons. The quantitative estimate of drug-likeness (QED) is 0.774. The van der Waals surface area contributed by atoms with Crippen LogP contribution in [0, 0.1) is 5.82 Å². The zero-order valence-corrected chi connectivity index (χ0v) is 13.9. The van der Waals surface area contributed by atoms with Crippen LogP contribution in [0.15, 0.2) is 16.6 Å². The molecular weight excluding hydrogens is 359 g/mol. The van der Waals surface area contributed by atoms with Crippen LogP contribution in [-0.4, -0.2) is 42.1 Å². The molecule has 1 amide bonds. The molecule has 21 heavy (non-hydrogen) atoms. The second-order valence-electron chi connectivity index (χ2n) is 4.77. The molecular formula is C13H16BrFN4OS. The second kappa shape index (κ2) is 6.57. The lowest BCUT2D eigenvalue weighted by atomic mass is 10.2. The maximum atomic E-state index is 14.3. The van der Waals surface area contributed by atoms with Crippen molar-refractivity contribution in [3.05, 3.63) is 22.4 Å². The molecule has 8 heteroatoms. The van der Waals surface area contributed by atoms with Gasteiger partial charge in [0.1, 0.15) is 5.82 Å². The molecule has 3 N–H and O–H groups in total. The van der Waals surface area contributed by atoms with Gasteiger partial charge < -0.3 is 20.9 Å². The minimum Gasteiger partial charge on any atom is -0.376 e. The molecule has 1 heterocycles. The predicted octanol–water partition coefficient (Wildman–Crippen LogP) is 1.91. The molecule has 5 nitrogen and oxygen atoms in total. The summed E-state index contributed by atoms with van der Waals surface area (Å²) in [7, 11) is 0. The fraction of sp³-hybridized carbons (Fsp3) is 0.385. The summed E-state index contributed by atoms with van der Waals surface area (Å²) >= 11 is 8.12. The third kappa shape index (κ3) is 3.82. The van der Waals surface area contributed by atoms with Crippen LogP contribution in [0.25, 0.3) is 0 Å². The van der Waals surface area contributed by atoms with E-state index in [1.54, 1.807) is 17.9 Å². The van der Waals surface area contributed by atoms with Crippen LogP contribution < -0.4 is 16.0 Å². The van der Waals surface area contributed by atoms with Gasteiger partial charge in [0.05, 0.1) is 5.69 Å². The summed E-state index contributed by atoms with van der Waals surface area (Å²) in [6.45, 7) is 3.92. The Labute approximate surface area is 136 Å². The highest BCUT2D eigenvalue weighted by atomic mass is 79.9. The Hall–Kier alpha value is -1.41. The molecule has 0 aliphatic carbocycles. The first kappa shape index (κ1) is 16.0. The average Bonchev–Trinajstić information content (AvgIpc) is 2.37. The van der Waals surface area contributed by atoms with Crippen molar-refractivity contribution in [2.75, 3.05) is 36.4 Å². The van der Waals surface area contributed by atoms with Crippen molar-refractivity contribution in [3.63, 3.8) is 0 Å². The Kier molecular flexibility index (Phi) is 5.00. The Balaban J connectivity index is 2.17. The standard InChI is InChI=1S/C13H16BrFN4OS/c1-8(20)18-2-4-19(5-3-18)12-10(14)6-9(7-11(12)15)17-13(16)21/h6-7H,2-5H2,1H3,(H3,16,17,21). The van der Waals surface area contributed by atoms with Crippen LogP contribution in [0.4, 0.5) is 15.8 Å². The summed E-state index contributed by atoms with van der Waals surface area (Å²) in [5.74, 6) is -0.315. The summed E-state index contributed by atoms with van der Waals surface area (Å²) in [6, 6.07) is 3.09. The van der Waals surface area contributed by atoms with Crippen molar-refractivity contribution in [1.82, 2.24) is 4.90 Å². The highest BCUT2D eigenvalue weighted by molar-refractivity contribution is 9.10. The van der Waals surface area contributed by atoms with E-state index in [-0.39, 0.29) is 16.8 Å². The van der Waals surface area contributed by atoms with Crippen molar-refractivity contribution in [1.29, 1.82) is 0 Å². The molecule has 1 aliphatic rings. The molecule has 0 atom stereocenters. The lowest BCUT2D eigenvalue weighted by Gasteiger charge is -2.36. The Morgan fingerprint density at radius 3 is 2.48 bits per heavy atom. The SMILES string of the molecule is CC(=O)N1CCN(c2c(F)cc(NC(N)=S)cc2Br)CC1. The Bertz CT molecular complexity index is 552. The van der Waals surface area contributed by atoms with E-state index in [9.17, 15) is 9.18 Å². The monoisotopic (exact) mass is 374 g/mol. The van der Waals surface area contributed by atoms with Crippen molar-refractivity contribution in [2.24, 2.45) is 5.73 Å². The van der Waals surface area contributed by atoms with E-state index >= 15 is 0 Å². The van der Waals surface area contributed by atoms with Crippen LogP contribution >= 0.6 is 28.1 Å². The number of piperazine rings is 1. The average molecular weight is 375 g/mol. The van der Waals surface area contributed by atoms with Crippen molar-refractivity contribution >= 4 is 50.5 Å². The van der Waals surface area contributed by atoms with Gasteiger partial charge in [-0.05, 0) is 40.3 Å². The lowest BCUT2D eigenvalue weighted by Crippen LogP contribution is -2.48. The number of nitrogens with zero attached hydrogens (tertiary/aromatic N) is 2. The van der Waals surface area contributed by atoms with E-state index in [2.05, 4.69) is 21.2 Å². The first-order valence-corrected chi connectivity index (χ1v) is 7.64. The molecule has 0 saturated carbocycles. The topological polar surface area (TPSA) is 61.6 Å². The van der Waals surface area contributed by atoms with Gasteiger partial charge in [0, 0.05) is 43.3 Å². The molecule has 114 valence electrons. The molecule has 2 rings (SSSR count). The molecule has 0 unspecified atom stereocenters.